The smallest absolute Gasteiger partial charge is 0.376 e. The molecule has 0 heterocycles. The predicted molar refractivity (Wildman–Crippen MR) is 64.7 cm³/mol. The van der Waals surface area contributed by atoms with Gasteiger partial charge in [0.15, 0.2) is 0 Å². The number of ether oxygens (including phenoxy) is 1. The van der Waals surface area contributed by atoms with Gasteiger partial charge in [0.05, 0.1) is 5.92 Å². The summed E-state index contributed by atoms with van der Waals surface area (Å²) in [5.41, 5.74) is 5.45. The number of benzene rings is 1. The minimum atomic E-state index is -1.17. The zero-order valence-electron chi connectivity index (χ0n) is 10.0. The number of esters is 1. The molecule has 18 heavy (non-hydrogen) atoms. The average Bonchev–Trinajstić information content (AvgIpc) is 2.35. The lowest BCUT2D eigenvalue weighted by atomic mass is 9.85. The molecule has 0 bridgehead atoms. The molecule has 1 amide bonds. The Hall–Kier alpha value is -2.17. The summed E-state index contributed by atoms with van der Waals surface area (Å²) in [5, 5.41) is 0. The molecule has 2 atom stereocenters. The highest BCUT2D eigenvalue weighted by Gasteiger charge is 2.31. The van der Waals surface area contributed by atoms with Crippen LogP contribution in [0, 0.1) is 5.92 Å². The van der Waals surface area contributed by atoms with Gasteiger partial charge >= 0.3 is 12.1 Å². The Morgan fingerprint density at radius 1 is 1.33 bits per heavy atom. The number of primary amides is 1. The van der Waals surface area contributed by atoms with Crippen molar-refractivity contribution in [1.29, 1.82) is 0 Å². The van der Waals surface area contributed by atoms with Crippen LogP contribution in [-0.2, 0) is 14.3 Å². The van der Waals surface area contributed by atoms with Crippen molar-refractivity contribution in [3.05, 3.63) is 35.9 Å². The average molecular weight is 249 g/mol. The lowest BCUT2D eigenvalue weighted by molar-refractivity contribution is -0.141. The first-order valence-electron chi connectivity index (χ1n) is 5.61. The van der Waals surface area contributed by atoms with Gasteiger partial charge in [-0.25, -0.2) is 4.79 Å². The molecule has 0 saturated heterocycles. The molecule has 0 aromatic heterocycles. The Labute approximate surface area is 105 Å². The molecule has 5 nitrogen and oxygen atoms in total. The number of carbonyl (C=O) groups excluding carboxylic acids is 3. The highest BCUT2D eigenvalue weighted by molar-refractivity contribution is 5.90. The van der Waals surface area contributed by atoms with Gasteiger partial charge < -0.3 is 15.3 Å². The fraction of sp³-hybridized carbons (Fsp3) is 0.308. The molecule has 0 aliphatic carbocycles. The summed E-state index contributed by atoms with van der Waals surface area (Å²) in [6, 6.07) is 8.70. The molecule has 0 fully saturated rings. The fourth-order valence-electron chi connectivity index (χ4n) is 1.79. The van der Waals surface area contributed by atoms with E-state index in [4.69, 9.17) is 5.73 Å². The van der Waals surface area contributed by atoms with E-state index in [9.17, 15) is 14.4 Å². The van der Waals surface area contributed by atoms with Crippen LogP contribution in [0.5, 0.6) is 0 Å². The first kappa shape index (κ1) is 13.9. The SMILES string of the molecule is CCC(C=O)C(C(=O)OC(N)=O)c1ccccc1. The lowest BCUT2D eigenvalue weighted by Gasteiger charge is -2.19. The van der Waals surface area contributed by atoms with Crippen LogP contribution in [0.4, 0.5) is 4.79 Å². The topological polar surface area (TPSA) is 86.5 Å². The van der Waals surface area contributed by atoms with Crippen LogP contribution >= 0.6 is 0 Å². The van der Waals surface area contributed by atoms with Crippen molar-refractivity contribution in [1.82, 2.24) is 0 Å². The highest BCUT2D eigenvalue weighted by atomic mass is 16.6. The summed E-state index contributed by atoms with van der Waals surface area (Å²) in [6.45, 7) is 1.78. The summed E-state index contributed by atoms with van der Waals surface area (Å²) in [4.78, 5) is 33.5. The van der Waals surface area contributed by atoms with Crippen molar-refractivity contribution in [3.8, 4) is 0 Å². The van der Waals surface area contributed by atoms with Gasteiger partial charge in [-0.15, -0.1) is 0 Å². The molecule has 2 N–H and O–H groups in total. The standard InChI is InChI=1S/C13H15NO4/c1-2-9(8-15)11(12(16)18-13(14)17)10-6-4-3-5-7-10/h3-9,11H,2H2,1H3,(H2,14,17). The molecule has 0 aliphatic rings. The van der Waals surface area contributed by atoms with Crippen LogP contribution in [0.3, 0.4) is 0 Å². The quantitative estimate of drug-likeness (QED) is 0.488. The van der Waals surface area contributed by atoms with Gasteiger partial charge in [0, 0.05) is 5.92 Å². The van der Waals surface area contributed by atoms with Crippen molar-refractivity contribution >= 4 is 18.3 Å². The zero-order valence-corrected chi connectivity index (χ0v) is 10.0. The molecular formula is C13H15NO4. The monoisotopic (exact) mass is 249 g/mol. The van der Waals surface area contributed by atoms with Gasteiger partial charge in [-0.1, -0.05) is 37.3 Å². The first-order chi connectivity index (χ1) is 8.60. The summed E-state index contributed by atoms with van der Waals surface area (Å²) in [7, 11) is 0. The third-order valence-corrected chi connectivity index (χ3v) is 2.69. The van der Waals surface area contributed by atoms with Gasteiger partial charge in [-0.3, -0.25) is 4.79 Å². The summed E-state index contributed by atoms with van der Waals surface area (Å²) in [6.07, 6.45) is -0.00157. The normalized spacial score (nSPS) is 13.4. The second-order valence-corrected chi connectivity index (χ2v) is 3.84. The van der Waals surface area contributed by atoms with Crippen LogP contribution in [0.15, 0.2) is 30.3 Å². The number of aldehydes is 1. The molecule has 0 spiro atoms. The van der Waals surface area contributed by atoms with Gasteiger partial charge in [0.1, 0.15) is 6.29 Å². The first-order valence-corrected chi connectivity index (χ1v) is 5.61. The van der Waals surface area contributed by atoms with Gasteiger partial charge in [-0.2, -0.15) is 0 Å². The number of rotatable bonds is 5. The Balaban J connectivity index is 3.06. The number of carbonyl (C=O) groups is 3. The molecular weight excluding hydrogens is 234 g/mol. The van der Waals surface area contributed by atoms with E-state index in [1.54, 1.807) is 37.3 Å². The maximum absolute atomic E-state index is 11.8. The maximum atomic E-state index is 11.8. The Bertz CT molecular complexity index is 430. The van der Waals surface area contributed by atoms with Crippen molar-refractivity contribution in [2.75, 3.05) is 0 Å². The van der Waals surface area contributed by atoms with E-state index in [0.717, 1.165) is 0 Å². The Morgan fingerprint density at radius 2 is 1.94 bits per heavy atom. The summed E-state index contributed by atoms with van der Waals surface area (Å²) < 4.78 is 4.39. The molecule has 0 radical (unpaired) electrons. The van der Waals surface area contributed by atoms with E-state index in [-0.39, 0.29) is 0 Å². The van der Waals surface area contributed by atoms with Gasteiger partial charge in [-0.05, 0) is 12.0 Å². The number of hydrogen-bond acceptors (Lipinski definition) is 4. The number of nitrogens with two attached hydrogens (primary N) is 1. The molecule has 1 aromatic rings. The van der Waals surface area contributed by atoms with Crippen LogP contribution in [0.1, 0.15) is 24.8 Å². The highest BCUT2D eigenvalue weighted by Crippen LogP contribution is 2.27. The molecule has 0 saturated carbocycles. The van der Waals surface area contributed by atoms with Crippen molar-refractivity contribution in [2.45, 2.75) is 19.3 Å². The van der Waals surface area contributed by atoms with Crippen molar-refractivity contribution < 1.29 is 19.1 Å². The van der Waals surface area contributed by atoms with Crippen LogP contribution in [0.2, 0.25) is 0 Å². The second-order valence-electron chi connectivity index (χ2n) is 3.84. The maximum Gasteiger partial charge on any atom is 0.412 e. The second kappa shape index (κ2) is 6.54. The van der Waals surface area contributed by atoms with Gasteiger partial charge in [0.2, 0.25) is 0 Å². The molecule has 0 aliphatic heterocycles. The van der Waals surface area contributed by atoms with E-state index >= 15 is 0 Å². The molecule has 5 heteroatoms. The van der Waals surface area contributed by atoms with Crippen molar-refractivity contribution in [2.24, 2.45) is 11.7 Å². The van der Waals surface area contributed by atoms with Gasteiger partial charge in [0.25, 0.3) is 0 Å². The van der Waals surface area contributed by atoms with Crippen molar-refractivity contribution in [3.63, 3.8) is 0 Å². The Kier molecular flexibility index (Phi) is 5.05. The Morgan fingerprint density at radius 3 is 2.39 bits per heavy atom. The van der Waals surface area contributed by atoms with E-state index in [0.29, 0.717) is 18.3 Å². The number of amides is 1. The molecule has 1 rings (SSSR count). The minimum Gasteiger partial charge on any atom is -0.376 e. The van der Waals surface area contributed by atoms with E-state index in [1.165, 1.54) is 0 Å². The lowest BCUT2D eigenvalue weighted by Crippen LogP contribution is -2.28. The van der Waals surface area contributed by atoms with Crippen LogP contribution in [-0.4, -0.2) is 18.3 Å². The molecule has 2 unspecified atom stereocenters. The summed E-state index contributed by atoms with van der Waals surface area (Å²) in [5.74, 6) is -2.15. The predicted octanol–water partition coefficient (Wildman–Crippen LogP) is 1.62. The molecule has 1 aromatic carbocycles. The largest absolute Gasteiger partial charge is 0.412 e. The van der Waals surface area contributed by atoms with E-state index < -0.39 is 23.9 Å². The third-order valence-electron chi connectivity index (χ3n) is 2.69. The van der Waals surface area contributed by atoms with Crippen LogP contribution in [0.25, 0.3) is 0 Å². The van der Waals surface area contributed by atoms with Crippen LogP contribution < -0.4 is 5.73 Å². The number of hydrogen-bond donors (Lipinski definition) is 1. The fourth-order valence-corrected chi connectivity index (χ4v) is 1.79. The molecule has 96 valence electrons. The zero-order chi connectivity index (χ0) is 13.5. The summed E-state index contributed by atoms with van der Waals surface area (Å²) >= 11 is 0. The third kappa shape index (κ3) is 3.41. The van der Waals surface area contributed by atoms with E-state index in [1.807, 2.05) is 0 Å². The minimum absolute atomic E-state index is 0.469. The van der Waals surface area contributed by atoms with E-state index in [2.05, 4.69) is 4.74 Å².